The van der Waals surface area contributed by atoms with E-state index in [0.717, 1.165) is 42.1 Å². The maximum atomic E-state index is 5.73. The Hall–Kier alpha value is -1.68. The van der Waals surface area contributed by atoms with E-state index in [1.165, 1.54) is 69.8 Å². The number of ether oxygens (including phenoxy) is 1. The fraction of sp³-hybridized carbons (Fsp3) is 0.630. The SMILES string of the molecule is CCCCOc1ccc(C#CC2=CCC(C3CCC(CCC)CC3)CC2)cc1. The molecule has 0 aliphatic heterocycles. The summed E-state index contributed by atoms with van der Waals surface area (Å²) in [5.41, 5.74) is 2.43. The van der Waals surface area contributed by atoms with E-state index >= 15 is 0 Å². The number of rotatable bonds is 7. The van der Waals surface area contributed by atoms with E-state index < -0.39 is 0 Å². The van der Waals surface area contributed by atoms with Crippen LogP contribution in [0.2, 0.25) is 0 Å². The first-order valence-corrected chi connectivity index (χ1v) is 11.7. The third-order valence-corrected chi connectivity index (χ3v) is 6.69. The summed E-state index contributed by atoms with van der Waals surface area (Å²) < 4.78 is 5.73. The molecule has 1 aromatic carbocycles. The van der Waals surface area contributed by atoms with E-state index in [4.69, 9.17) is 4.74 Å². The van der Waals surface area contributed by atoms with Gasteiger partial charge in [-0.05, 0) is 86.1 Å². The summed E-state index contributed by atoms with van der Waals surface area (Å²) in [6, 6.07) is 8.24. The van der Waals surface area contributed by atoms with E-state index in [9.17, 15) is 0 Å². The summed E-state index contributed by atoms with van der Waals surface area (Å²) in [6.45, 7) is 5.31. The Kier molecular flexibility index (Phi) is 8.53. The van der Waals surface area contributed by atoms with Gasteiger partial charge in [-0.15, -0.1) is 0 Å². The summed E-state index contributed by atoms with van der Waals surface area (Å²) in [5, 5.41) is 0. The minimum Gasteiger partial charge on any atom is -0.494 e. The lowest BCUT2D eigenvalue weighted by atomic mass is 9.71. The Labute approximate surface area is 173 Å². The molecule has 1 heteroatoms. The first kappa shape index (κ1) is 21.0. The molecule has 2 aliphatic rings. The van der Waals surface area contributed by atoms with Crippen LogP contribution in [0.15, 0.2) is 35.9 Å². The molecule has 1 fully saturated rings. The van der Waals surface area contributed by atoms with Gasteiger partial charge >= 0.3 is 0 Å². The van der Waals surface area contributed by atoms with Crippen molar-refractivity contribution in [1.29, 1.82) is 0 Å². The van der Waals surface area contributed by atoms with Crippen LogP contribution in [0.5, 0.6) is 5.75 Å². The zero-order chi connectivity index (χ0) is 19.6. The topological polar surface area (TPSA) is 9.23 Å². The Morgan fingerprint density at radius 1 is 0.893 bits per heavy atom. The normalized spacial score (nSPS) is 24.8. The average Bonchev–Trinajstić information content (AvgIpc) is 2.75. The van der Waals surface area contributed by atoms with Crippen molar-refractivity contribution in [2.45, 2.75) is 84.5 Å². The first-order valence-electron chi connectivity index (χ1n) is 11.7. The number of hydrogen-bond acceptors (Lipinski definition) is 1. The summed E-state index contributed by atoms with van der Waals surface area (Å²) in [5.74, 6) is 10.6. The second-order valence-corrected chi connectivity index (χ2v) is 8.81. The molecule has 0 radical (unpaired) electrons. The van der Waals surface area contributed by atoms with Crippen LogP contribution in [0.3, 0.4) is 0 Å². The molecule has 0 bridgehead atoms. The standard InChI is InChI=1S/C27H38O/c1-3-5-21-28-27-19-13-24(14-20-27)8-7-23-11-17-26(18-12-23)25-15-9-22(6-4-2)10-16-25/h11,13-14,19-20,22,25-26H,3-6,9-10,12,15-18,21H2,1-2H3. The highest BCUT2D eigenvalue weighted by atomic mass is 16.5. The summed E-state index contributed by atoms with van der Waals surface area (Å²) in [4.78, 5) is 0. The molecule has 3 rings (SSSR count). The lowest BCUT2D eigenvalue weighted by molar-refractivity contribution is 0.187. The zero-order valence-corrected chi connectivity index (χ0v) is 18.0. The third-order valence-electron chi connectivity index (χ3n) is 6.69. The first-order chi connectivity index (χ1) is 13.8. The van der Waals surface area contributed by atoms with E-state index in [1.54, 1.807) is 0 Å². The lowest BCUT2D eigenvalue weighted by Gasteiger charge is -2.35. The molecular weight excluding hydrogens is 340 g/mol. The molecule has 0 amide bonds. The summed E-state index contributed by atoms with van der Waals surface area (Å²) in [7, 11) is 0. The Balaban J connectivity index is 1.46. The lowest BCUT2D eigenvalue weighted by Crippen LogP contribution is -2.23. The highest BCUT2D eigenvalue weighted by Crippen LogP contribution is 2.40. The van der Waals surface area contributed by atoms with Gasteiger partial charge in [0.1, 0.15) is 5.75 Å². The second kappa shape index (κ2) is 11.4. The molecule has 0 heterocycles. The van der Waals surface area contributed by atoms with Gasteiger partial charge in [0.15, 0.2) is 0 Å². The van der Waals surface area contributed by atoms with Crippen molar-refractivity contribution in [2.75, 3.05) is 6.61 Å². The molecule has 28 heavy (non-hydrogen) atoms. The van der Waals surface area contributed by atoms with Crippen molar-refractivity contribution in [3.05, 3.63) is 41.5 Å². The minimum atomic E-state index is 0.801. The van der Waals surface area contributed by atoms with Crippen LogP contribution in [0.25, 0.3) is 0 Å². The van der Waals surface area contributed by atoms with Crippen LogP contribution in [0, 0.1) is 29.6 Å². The molecule has 1 saturated carbocycles. The van der Waals surface area contributed by atoms with Gasteiger partial charge in [0.2, 0.25) is 0 Å². The maximum absolute atomic E-state index is 5.73. The van der Waals surface area contributed by atoms with Gasteiger partial charge in [-0.1, -0.05) is 63.9 Å². The molecule has 0 saturated heterocycles. The van der Waals surface area contributed by atoms with Gasteiger partial charge in [0, 0.05) is 5.56 Å². The number of benzene rings is 1. The van der Waals surface area contributed by atoms with E-state index in [2.05, 4.69) is 43.9 Å². The van der Waals surface area contributed by atoms with Crippen molar-refractivity contribution in [3.8, 4) is 17.6 Å². The fourth-order valence-electron chi connectivity index (χ4n) is 4.87. The van der Waals surface area contributed by atoms with Gasteiger partial charge in [-0.2, -0.15) is 0 Å². The van der Waals surface area contributed by atoms with Gasteiger partial charge in [0.05, 0.1) is 6.61 Å². The molecule has 152 valence electrons. The van der Waals surface area contributed by atoms with Crippen LogP contribution in [-0.2, 0) is 0 Å². The van der Waals surface area contributed by atoms with Gasteiger partial charge in [-0.3, -0.25) is 0 Å². The number of hydrogen-bond donors (Lipinski definition) is 0. The summed E-state index contributed by atoms with van der Waals surface area (Å²) >= 11 is 0. The van der Waals surface area contributed by atoms with Crippen LogP contribution < -0.4 is 4.74 Å². The molecule has 0 spiro atoms. The molecule has 2 aliphatic carbocycles. The smallest absolute Gasteiger partial charge is 0.119 e. The quantitative estimate of drug-likeness (QED) is 0.351. The molecule has 0 N–H and O–H groups in total. The highest BCUT2D eigenvalue weighted by molar-refractivity contribution is 5.43. The van der Waals surface area contributed by atoms with E-state index in [0.29, 0.717) is 0 Å². The van der Waals surface area contributed by atoms with Gasteiger partial charge in [0.25, 0.3) is 0 Å². The largest absolute Gasteiger partial charge is 0.494 e. The third kappa shape index (κ3) is 6.44. The molecule has 1 unspecified atom stereocenters. The van der Waals surface area contributed by atoms with Gasteiger partial charge in [-0.25, -0.2) is 0 Å². The van der Waals surface area contributed by atoms with Crippen molar-refractivity contribution in [3.63, 3.8) is 0 Å². The fourth-order valence-corrected chi connectivity index (χ4v) is 4.87. The predicted octanol–water partition coefficient (Wildman–Crippen LogP) is 7.55. The monoisotopic (exact) mass is 378 g/mol. The molecule has 1 atom stereocenters. The second-order valence-electron chi connectivity index (χ2n) is 8.81. The highest BCUT2D eigenvalue weighted by Gasteiger charge is 2.28. The Bertz CT molecular complexity index is 664. The molecule has 0 aromatic heterocycles. The number of unbranched alkanes of at least 4 members (excludes halogenated alkanes) is 1. The van der Waals surface area contributed by atoms with Crippen LogP contribution >= 0.6 is 0 Å². The Morgan fingerprint density at radius 2 is 1.68 bits per heavy atom. The van der Waals surface area contributed by atoms with Crippen molar-refractivity contribution < 1.29 is 4.74 Å². The van der Waals surface area contributed by atoms with Crippen molar-refractivity contribution in [2.24, 2.45) is 17.8 Å². The Morgan fingerprint density at radius 3 is 2.32 bits per heavy atom. The average molecular weight is 379 g/mol. The van der Waals surface area contributed by atoms with Crippen LogP contribution in [0.4, 0.5) is 0 Å². The number of allylic oxidation sites excluding steroid dienone is 2. The van der Waals surface area contributed by atoms with Crippen LogP contribution in [0.1, 0.15) is 90.0 Å². The van der Waals surface area contributed by atoms with Crippen molar-refractivity contribution in [1.82, 2.24) is 0 Å². The molecule has 1 nitrogen and oxygen atoms in total. The zero-order valence-electron chi connectivity index (χ0n) is 18.0. The predicted molar refractivity (Wildman–Crippen MR) is 120 cm³/mol. The van der Waals surface area contributed by atoms with Crippen LogP contribution in [-0.4, -0.2) is 6.61 Å². The summed E-state index contributed by atoms with van der Waals surface area (Å²) in [6.07, 6.45) is 17.2. The molecular formula is C27H38O. The minimum absolute atomic E-state index is 0.801. The van der Waals surface area contributed by atoms with E-state index in [1.807, 2.05) is 12.1 Å². The molecule has 1 aromatic rings. The van der Waals surface area contributed by atoms with Gasteiger partial charge < -0.3 is 4.74 Å². The van der Waals surface area contributed by atoms with Crippen molar-refractivity contribution >= 4 is 0 Å². The van der Waals surface area contributed by atoms with E-state index in [-0.39, 0.29) is 0 Å². The maximum Gasteiger partial charge on any atom is 0.119 e.